The molecule has 0 aliphatic carbocycles. The van der Waals surface area contributed by atoms with Crippen molar-refractivity contribution < 1.29 is 4.79 Å². The Labute approximate surface area is 120 Å². The van der Waals surface area contributed by atoms with Crippen molar-refractivity contribution in [1.82, 2.24) is 15.1 Å². The number of nitrogens with zero attached hydrogens (tertiary/aromatic N) is 2. The first-order valence-electron chi connectivity index (χ1n) is 7.31. The van der Waals surface area contributed by atoms with Crippen LogP contribution < -0.4 is 5.32 Å². The number of carbonyl (C=O) groups excluding carboxylic acids is 1. The zero-order valence-electron chi connectivity index (χ0n) is 12.5. The van der Waals surface area contributed by atoms with E-state index in [9.17, 15) is 4.79 Å². The molecule has 4 heteroatoms. The molecule has 1 aromatic heterocycles. The van der Waals surface area contributed by atoms with Gasteiger partial charge in [-0.2, -0.15) is 5.10 Å². The van der Waals surface area contributed by atoms with E-state index in [2.05, 4.69) is 37.3 Å². The maximum atomic E-state index is 12.0. The van der Waals surface area contributed by atoms with Crippen molar-refractivity contribution in [2.45, 2.75) is 46.2 Å². The zero-order valence-corrected chi connectivity index (χ0v) is 12.5. The topological polar surface area (TPSA) is 46.9 Å². The van der Waals surface area contributed by atoms with Crippen LogP contribution in [0.25, 0.3) is 10.9 Å². The first-order valence-corrected chi connectivity index (χ1v) is 7.31. The summed E-state index contributed by atoms with van der Waals surface area (Å²) in [6.07, 6.45) is 0.985. The zero-order chi connectivity index (χ0) is 14.5. The van der Waals surface area contributed by atoms with Gasteiger partial charge in [0.2, 0.25) is 0 Å². The van der Waals surface area contributed by atoms with Gasteiger partial charge in [0.25, 0.3) is 0 Å². The number of hydrogen-bond donors (Lipinski definition) is 1. The molecule has 0 aliphatic rings. The highest BCUT2D eigenvalue weighted by Gasteiger charge is 2.12. The summed E-state index contributed by atoms with van der Waals surface area (Å²) in [5.74, 6) is 0.240. The molecule has 0 unspecified atom stereocenters. The fraction of sp³-hybridized carbons (Fsp3) is 0.500. The summed E-state index contributed by atoms with van der Waals surface area (Å²) in [4.78, 5) is 12.0. The normalized spacial score (nSPS) is 11.4. The Bertz CT molecular complexity index is 586. The summed E-state index contributed by atoms with van der Waals surface area (Å²) in [7, 11) is 0. The fourth-order valence-corrected chi connectivity index (χ4v) is 2.34. The molecule has 4 nitrogen and oxygen atoms in total. The average Bonchev–Trinajstić information content (AvgIpc) is 2.77. The number of carbonyl (C=O) groups is 1. The number of nitrogens with one attached hydrogen (secondary N) is 1. The van der Waals surface area contributed by atoms with Crippen molar-refractivity contribution in [2.24, 2.45) is 0 Å². The van der Waals surface area contributed by atoms with E-state index >= 15 is 0 Å². The van der Waals surface area contributed by atoms with E-state index in [1.54, 1.807) is 0 Å². The second-order valence-electron chi connectivity index (χ2n) is 5.35. The standard InChI is InChI=1S/C16H23N3O/c1-4-19-16-8-6-5-7-14(16)15(18-19)11-13(20)9-10-17-12(2)3/h5-8,12,17H,4,9-11H2,1-3H3. The van der Waals surface area contributed by atoms with Crippen molar-refractivity contribution in [3.8, 4) is 0 Å². The number of Topliss-reactive ketones (excluding diaryl/α,β-unsaturated/α-hetero) is 1. The van der Waals surface area contributed by atoms with Gasteiger partial charge in [0.05, 0.1) is 17.6 Å². The van der Waals surface area contributed by atoms with Crippen molar-refractivity contribution in [3.63, 3.8) is 0 Å². The van der Waals surface area contributed by atoms with E-state index in [0.717, 1.165) is 29.7 Å². The Kier molecular flexibility index (Phi) is 4.90. The number of aromatic nitrogens is 2. The Hall–Kier alpha value is -1.68. The molecule has 1 heterocycles. The lowest BCUT2D eigenvalue weighted by Crippen LogP contribution is -2.25. The number of hydrogen-bond acceptors (Lipinski definition) is 3. The van der Waals surface area contributed by atoms with Gasteiger partial charge in [0.15, 0.2) is 0 Å². The molecule has 20 heavy (non-hydrogen) atoms. The summed E-state index contributed by atoms with van der Waals surface area (Å²) >= 11 is 0. The van der Waals surface area contributed by atoms with Crippen molar-refractivity contribution >= 4 is 16.7 Å². The third-order valence-corrected chi connectivity index (χ3v) is 3.36. The molecule has 0 saturated carbocycles. The average molecular weight is 273 g/mol. The molecule has 2 aromatic rings. The molecule has 2 rings (SSSR count). The van der Waals surface area contributed by atoms with Crippen LogP contribution in [0.15, 0.2) is 24.3 Å². The maximum Gasteiger partial charge on any atom is 0.140 e. The number of aryl methyl sites for hydroxylation is 1. The molecule has 0 amide bonds. The summed E-state index contributed by atoms with van der Waals surface area (Å²) < 4.78 is 1.96. The van der Waals surface area contributed by atoms with Gasteiger partial charge in [-0.25, -0.2) is 0 Å². The molecular formula is C16H23N3O. The van der Waals surface area contributed by atoms with Crippen LogP contribution in [-0.4, -0.2) is 28.2 Å². The Morgan fingerprint density at radius 1 is 1.35 bits per heavy atom. The Morgan fingerprint density at radius 2 is 2.10 bits per heavy atom. The molecule has 1 N–H and O–H groups in total. The van der Waals surface area contributed by atoms with Gasteiger partial charge in [-0.05, 0) is 13.0 Å². The predicted molar refractivity (Wildman–Crippen MR) is 81.9 cm³/mol. The second kappa shape index (κ2) is 6.66. The van der Waals surface area contributed by atoms with Crippen molar-refractivity contribution in [1.29, 1.82) is 0 Å². The monoisotopic (exact) mass is 273 g/mol. The summed E-state index contributed by atoms with van der Waals surface area (Å²) in [6, 6.07) is 8.53. The van der Waals surface area contributed by atoms with E-state index < -0.39 is 0 Å². The highest BCUT2D eigenvalue weighted by atomic mass is 16.1. The van der Waals surface area contributed by atoms with Gasteiger partial charge in [-0.1, -0.05) is 32.0 Å². The lowest BCUT2D eigenvalue weighted by atomic mass is 10.1. The molecule has 1 aromatic carbocycles. The first-order chi connectivity index (χ1) is 9.61. The van der Waals surface area contributed by atoms with Crippen molar-refractivity contribution in [2.75, 3.05) is 6.54 Å². The number of ketones is 1. The van der Waals surface area contributed by atoms with E-state index in [1.165, 1.54) is 0 Å². The Balaban J connectivity index is 2.08. The molecule has 0 spiro atoms. The van der Waals surface area contributed by atoms with Gasteiger partial charge < -0.3 is 5.32 Å². The third kappa shape index (κ3) is 3.45. The smallest absolute Gasteiger partial charge is 0.140 e. The maximum absolute atomic E-state index is 12.0. The SMILES string of the molecule is CCn1nc(CC(=O)CCNC(C)C)c2ccccc21. The molecule has 108 valence electrons. The van der Waals surface area contributed by atoms with E-state index in [0.29, 0.717) is 18.9 Å². The number of para-hydroxylation sites is 1. The van der Waals surface area contributed by atoms with Crippen LogP contribution in [0.1, 0.15) is 32.9 Å². The van der Waals surface area contributed by atoms with Crippen LogP contribution in [0.3, 0.4) is 0 Å². The minimum atomic E-state index is 0.240. The highest BCUT2D eigenvalue weighted by Crippen LogP contribution is 2.19. The second-order valence-corrected chi connectivity index (χ2v) is 5.35. The van der Waals surface area contributed by atoms with E-state index in [1.807, 2.05) is 22.9 Å². The van der Waals surface area contributed by atoms with Crippen molar-refractivity contribution in [3.05, 3.63) is 30.0 Å². The molecular weight excluding hydrogens is 250 g/mol. The Morgan fingerprint density at radius 3 is 2.80 bits per heavy atom. The van der Waals surface area contributed by atoms with Crippen LogP contribution in [0.4, 0.5) is 0 Å². The fourth-order valence-electron chi connectivity index (χ4n) is 2.34. The minimum Gasteiger partial charge on any atom is -0.314 e. The van der Waals surface area contributed by atoms with Crippen LogP contribution in [0, 0.1) is 0 Å². The highest BCUT2D eigenvalue weighted by molar-refractivity contribution is 5.88. The molecule has 0 aliphatic heterocycles. The lowest BCUT2D eigenvalue weighted by molar-refractivity contribution is -0.118. The number of fused-ring (bicyclic) bond motifs is 1. The van der Waals surface area contributed by atoms with Crippen LogP contribution in [0.5, 0.6) is 0 Å². The van der Waals surface area contributed by atoms with Gasteiger partial charge in [-0.15, -0.1) is 0 Å². The van der Waals surface area contributed by atoms with Gasteiger partial charge >= 0.3 is 0 Å². The van der Waals surface area contributed by atoms with Crippen LogP contribution in [-0.2, 0) is 17.8 Å². The number of rotatable bonds is 7. The lowest BCUT2D eigenvalue weighted by Gasteiger charge is -2.06. The third-order valence-electron chi connectivity index (χ3n) is 3.36. The molecule has 0 radical (unpaired) electrons. The molecule has 0 saturated heterocycles. The quantitative estimate of drug-likeness (QED) is 0.843. The molecule has 0 atom stereocenters. The number of benzene rings is 1. The molecule has 0 fully saturated rings. The summed E-state index contributed by atoms with van der Waals surface area (Å²) in [5, 5.41) is 8.93. The largest absolute Gasteiger partial charge is 0.314 e. The summed E-state index contributed by atoms with van der Waals surface area (Å²) in [6.45, 7) is 7.80. The summed E-state index contributed by atoms with van der Waals surface area (Å²) in [5.41, 5.74) is 2.01. The predicted octanol–water partition coefficient (Wildman–Crippen LogP) is 2.56. The van der Waals surface area contributed by atoms with Gasteiger partial charge in [0, 0.05) is 30.9 Å². The van der Waals surface area contributed by atoms with Crippen LogP contribution >= 0.6 is 0 Å². The van der Waals surface area contributed by atoms with E-state index in [-0.39, 0.29) is 5.78 Å². The van der Waals surface area contributed by atoms with E-state index in [4.69, 9.17) is 0 Å². The van der Waals surface area contributed by atoms with Gasteiger partial charge in [-0.3, -0.25) is 9.48 Å². The van der Waals surface area contributed by atoms with Crippen LogP contribution in [0.2, 0.25) is 0 Å². The van der Waals surface area contributed by atoms with Gasteiger partial charge in [0.1, 0.15) is 5.78 Å². The molecule has 0 bridgehead atoms. The first kappa shape index (κ1) is 14.7. The minimum absolute atomic E-state index is 0.240.